The first kappa shape index (κ1) is 20.6. The van der Waals surface area contributed by atoms with Crippen LogP contribution >= 0.6 is 0 Å². The summed E-state index contributed by atoms with van der Waals surface area (Å²) in [5.74, 6) is -1.17. The molecule has 0 aliphatic heterocycles. The van der Waals surface area contributed by atoms with Gasteiger partial charge in [0.15, 0.2) is 6.10 Å². The number of sulfonamides is 1. The van der Waals surface area contributed by atoms with Crippen molar-refractivity contribution in [1.29, 1.82) is 0 Å². The minimum Gasteiger partial charge on any atom is -0.449 e. The fourth-order valence-corrected chi connectivity index (χ4v) is 3.04. The Morgan fingerprint density at radius 1 is 1.00 bits per heavy atom. The van der Waals surface area contributed by atoms with E-state index in [1.54, 1.807) is 12.1 Å². The van der Waals surface area contributed by atoms with Crippen molar-refractivity contribution in [2.45, 2.75) is 24.8 Å². The molecule has 2 aromatic rings. The van der Waals surface area contributed by atoms with Crippen LogP contribution in [0.1, 0.15) is 22.8 Å². The summed E-state index contributed by atoms with van der Waals surface area (Å²) in [7, 11) is -0.732. The number of rotatable bonds is 6. The Kier molecular flexibility index (Phi) is 6.35. The molecule has 1 amide bonds. The highest BCUT2D eigenvalue weighted by atomic mass is 32.2. The third-order valence-corrected chi connectivity index (χ3v) is 5.67. The van der Waals surface area contributed by atoms with Crippen LogP contribution in [0.3, 0.4) is 0 Å². The molecule has 0 fully saturated rings. The molecular weight excluding hydrogens is 368 g/mol. The zero-order valence-corrected chi connectivity index (χ0v) is 16.4. The van der Waals surface area contributed by atoms with Crippen molar-refractivity contribution in [2.24, 2.45) is 0 Å². The van der Waals surface area contributed by atoms with Gasteiger partial charge in [-0.25, -0.2) is 17.5 Å². The SMILES string of the molecule is Cc1ccc(NC(=O)[C@H](C)OC(=O)c2ccc(S(=O)(=O)N(C)C)cc2)cc1. The number of ether oxygens (including phenoxy) is 1. The third kappa shape index (κ3) is 5.15. The Labute approximate surface area is 159 Å². The predicted octanol–water partition coefficient (Wildman–Crippen LogP) is 2.43. The lowest BCUT2D eigenvalue weighted by molar-refractivity contribution is -0.123. The molecule has 0 bridgehead atoms. The molecule has 1 atom stereocenters. The van der Waals surface area contributed by atoms with Crippen molar-refractivity contribution in [1.82, 2.24) is 4.31 Å². The van der Waals surface area contributed by atoms with E-state index in [1.165, 1.54) is 45.3 Å². The van der Waals surface area contributed by atoms with Crippen LogP contribution in [0.5, 0.6) is 0 Å². The number of nitrogens with zero attached hydrogens (tertiary/aromatic N) is 1. The van der Waals surface area contributed by atoms with Crippen molar-refractivity contribution in [3.63, 3.8) is 0 Å². The maximum Gasteiger partial charge on any atom is 0.338 e. The summed E-state index contributed by atoms with van der Waals surface area (Å²) in [4.78, 5) is 24.4. The van der Waals surface area contributed by atoms with Gasteiger partial charge >= 0.3 is 5.97 Å². The molecule has 2 rings (SSSR count). The van der Waals surface area contributed by atoms with Crippen LogP contribution in [0.4, 0.5) is 5.69 Å². The van der Waals surface area contributed by atoms with Crippen LogP contribution in [0.25, 0.3) is 0 Å². The van der Waals surface area contributed by atoms with E-state index in [9.17, 15) is 18.0 Å². The molecule has 144 valence electrons. The summed E-state index contributed by atoms with van der Waals surface area (Å²) in [6.07, 6.45) is -1.01. The second kappa shape index (κ2) is 8.32. The molecule has 0 saturated carbocycles. The van der Waals surface area contributed by atoms with E-state index in [1.807, 2.05) is 19.1 Å². The average Bonchev–Trinajstić information content (AvgIpc) is 2.63. The smallest absolute Gasteiger partial charge is 0.338 e. The highest BCUT2D eigenvalue weighted by molar-refractivity contribution is 7.89. The van der Waals surface area contributed by atoms with Crippen molar-refractivity contribution in [3.8, 4) is 0 Å². The molecule has 0 unspecified atom stereocenters. The van der Waals surface area contributed by atoms with Crippen LogP contribution in [-0.4, -0.2) is 44.8 Å². The quantitative estimate of drug-likeness (QED) is 0.765. The van der Waals surface area contributed by atoms with Gasteiger partial charge in [-0.05, 0) is 50.2 Å². The predicted molar refractivity (Wildman–Crippen MR) is 102 cm³/mol. The standard InChI is InChI=1S/C19H22N2O5S/c1-13-5-9-16(10-6-13)20-18(22)14(2)26-19(23)15-7-11-17(12-8-15)27(24,25)21(3)4/h5-12,14H,1-4H3,(H,20,22)/t14-/m0/s1. The summed E-state index contributed by atoms with van der Waals surface area (Å²) in [6, 6.07) is 12.6. The summed E-state index contributed by atoms with van der Waals surface area (Å²) < 4.78 is 30.3. The Balaban J connectivity index is 2.01. The summed E-state index contributed by atoms with van der Waals surface area (Å²) in [5, 5.41) is 2.67. The molecule has 2 aromatic carbocycles. The number of amides is 1. The van der Waals surface area contributed by atoms with E-state index in [0.717, 1.165) is 9.87 Å². The number of hydrogen-bond acceptors (Lipinski definition) is 5. The van der Waals surface area contributed by atoms with E-state index in [4.69, 9.17) is 4.74 Å². The number of anilines is 1. The molecule has 0 aliphatic rings. The lowest BCUT2D eigenvalue weighted by Crippen LogP contribution is -2.30. The first-order valence-electron chi connectivity index (χ1n) is 8.22. The first-order valence-corrected chi connectivity index (χ1v) is 9.66. The monoisotopic (exact) mass is 390 g/mol. The van der Waals surface area contributed by atoms with Crippen molar-refractivity contribution in [3.05, 3.63) is 59.7 Å². The van der Waals surface area contributed by atoms with Gasteiger partial charge in [0, 0.05) is 19.8 Å². The minimum absolute atomic E-state index is 0.0641. The molecule has 0 saturated heterocycles. The Morgan fingerprint density at radius 2 is 1.56 bits per heavy atom. The highest BCUT2D eigenvalue weighted by Gasteiger charge is 2.21. The summed E-state index contributed by atoms with van der Waals surface area (Å²) in [5.41, 5.74) is 1.82. The molecular formula is C19H22N2O5S. The summed E-state index contributed by atoms with van der Waals surface area (Å²) >= 11 is 0. The van der Waals surface area contributed by atoms with Crippen LogP contribution < -0.4 is 5.32 Å². The molecule has 27 heavy (non-hydrogen) atoms. The van der Waals surface area contributed by atoms with E-state index >= 15 is 0 Å². The van der Waals surface area contributed by atoms with Gasteiger partial charge in [-0.1, -0.05) is 17.7 Å². The maximum atomic E-state index is 12.2. The van der Waals surface area contributed by atoms with Gasteiger partial charge in [-0.2, -0.15) is 0 Å². The molecule has 0 radical (unpaired) electrons. The fourth-order valence-electron chi connectivity index (χ4n) is 2.14. The van der Waals surface area contributed by atoms with Gasteiger partial charge in [-0.3, -0.25) is 4.79 Å². The van der Waals surface area contributed by atoms with Gasteiger partial charge < -0.3 is 10.1 Å². The number of nitrogens with one attached hydrogen (secondary N) is 1. The number of carbonyl (C=O) groups excluding carboxylic acids is 2. The normalized spacial score (nSPS) is 12.5. The Morgan fingerprint density at radius 3 is 2.07 bits per heavy atom. The van der Waals surface area contributed by atoms with Crippen molar-refractivity contribution < 1.29 is 22.7 Å². The number of carbonyl (C=O) groups is 2. The van der Waals surface area contributed by atoms with E-state index in [2.05, 4.69) is 5.32 Å². The lowest BCUT2D eigenvalue weighted by Gasteiger charge is -2.14. The van der Waals surface area contributed by atoms with Crippen molar-refractivity contribution in [2.75, 3.05) is 19.4 Å². The lowest BCUT2D eigenvalue weighted by atomic mass is 10.2. The van der Waals surface area contributed by atoms with Gasteiger partial charge in [0.2, 0.25) is 10.0 Å². The zero-order chi connectivity index (χ0) is 20.2. The van der Waals surface area contributed by atoms with E-state index < -0.39 is 28.0 Å². The van der Waals surface area contributed by atoms with E-state index in [-0.39, 0.29) is 10.5 Å². The van der Waals surface area contributed by atoms with Crippen LogP contribution in [-0.2, 0) is 19.6 Å². The van der Waals surface area contributed by atoms with Crippen LogP contribution in [0.2, 0.25) is 0 Å². The topological polar surface area (TPSA) is 92.8 Å². The van der Waals surface area contributed by atoms with Gasteiger partial charge in [-0.15, -0.1) is 0 Å². The molecule has 0 spiro atoms. The average molecular weight is 390 g/mol. The van der Waals surface area contributed by atoms with Crippen LogP contribution in [0.15, 0.2) is 53.4 Å². The van der Waals surface area contributed by atoms with Crippen LogP contribution in [0, 0.1) is 6.92 Å². The Bertz CT molecular complexity index is 920. The Hall–Kier alpha value is -2.71. The first-order chi connectivity index (χ1) is 12.6. The second-order valence-electron chi connectivity index (χ2n) is 6.21. The van der Waals surface area contributed by atoms with Gasteiger partial charge in [0.05, 0.1) is 10.5 Å². The zero-order valence-electron chi connectivity index (χ0n) is 15.6. The molecule has 1 N–H and O–H groups in total. The minimum atomic E-state index is -3.58. The highest BCUT2D eigenvalue weighted by Crippen LogP contribution is 2.15. The fraction of sp³-hybridized carbons (Fsp3) is 0.263. The molecule has 7 nitrogen and oxygen atoms in total. The maximum absolute atomic E-state index is 12.2. The second-order valence-corrected chi connectivity index (χ2v) is 8.37. The molecule has 0 aliphatic carbocycles. The largest absolute Gasteiger partial charge is 0.449 e. The number of esters is 1. The molecule has 0 aromatic heterocycles. The van der Waals surface area contributed by atoms with Gasteiger partial charge in [0.25, 0.3) is 5.91 Å². The molecule has 0 heterocycles. The number of hydrogen-bond donors (Lipinski definition) is 1. The number of benzene rings is 2. The van der Waals surface area contributed by atoms with E-state index in [0.29, 0.717) is 5.69 Å². The molecule has 8 heteroatoms. The van der Waals surface area contributed by atoms with Gasteiger partial charge in [0.1, 0.15) is 0 Å². The van der Waals surface area contributed by atoms with Crippen molar-refractivity contribution >= 4 is 27.6 Å². The summed E-state index contributed by atoms with van der Waals surface area (Å²) in [6.45, 7) is 3.40. The number of aryl methyl sites for hydroxylation is 1. The third-order valence-electron chi connectivity index (χ3n) is 3.84.